The van der Waals surface area contributed by atoms with Crippen LogP contribution >= 0.6 is 0 Å². The summed E-state index contributed by atoms with van der Waals surface area (Å²) in [6.45, 7) is 3.23. The molecule has 1 N–H and O–H groups in total. The number of ether oxygens (including phenoxy) is 1. The number of nitrogens with zero attached hydrogens (tertiary/aromatic N) is 1. The van der Waals surface area contributed by atoms with Crippen molar-refractivity contribution in [3.05, 3.63) is 29.8 Å². The zero-order chi connectivity index (χ0) is 13.2. The highest BCUT2D eigenvalue weighted by molar-refractivity contribution is 5.90. The predicted octanol–water partition coefficient (Wildman–Crippen LogP) is 1.98. The molecule has 4 rings (SSSR count). The molecule has 1 aromatic rings. The number of rotatable bonds is 3. The van der Waals surface area contributed by atoms with Gasteiger partial charge < -0.3 is 10.1 Å². The van der Waals surface area contributed by atoms with Crippen LogP contribution in [-0.2, 0) is 4.74 Å². The molecule has 4 heteroatoms. The Morgan fingerprint density at radius 2 is 2.16 bits per heavy atom. The van der Waals surface area contributed by atoms with Crippen LogP contribution in [0.3, 0.4) is 0 Å². The lowest BCUT2D eigenvalue weighted by Crippen LogP contribution is -2.51. The highest BCUT2D eigenvalue weighted by Gasteiger charge is 2.36. The summed E-state index contributed by atoms with van der Waals surface area (Å²) < 4.78 is 5.70. The lowest BCUT2D eigenvalue weighted by molar-refractivity contribution is -0.0455. The topological polar surface area (TPSA) is 41.6 Å². The van der Waals surface area contributed by atoms with Gasteiger partial charge in [0.2, 0.25) is 0 Å². The number of esters is 1. The van der Waals surface area contributed by atoms with E-state index in [4.69, 9.17) is 4.74 Å². The van der Waals surface area contributed by atoms with E-state index >= 15 is 0 Å². The molecule has 0 radical (unpaired) electrons. The van der Waals surface area contributed by atoms with Crippen LogP contribution in [-0.4, -0.2) is 43.7 Å². The molecule has 3 aliphatic heterocycles. The maximum Gasteiger partial charge on any atom is 0.338 e. The van der Waals surface area contributed by atoms with Crippen LogP contribution in [0.4, 0.5) is 5.69 Å². The molecule has 0 aliphatic carbocycles. The Morgan fingerprint density at radius 3 is 2.79 bits per heavy atom. The number of carbonyl (C=O) groups is 1. The van der Waals surface area contributed by atoms with Crippen molar-refractivity contribution in [1.29, 1.82) is 0 Å². The molecule has 0 saturated carbocycles. The van der Waals surface area contributed by atoms with E-state index in [-0.39, 0.29) is 12.1 Å². The Morgan fingerprint density at radius 1 is 1.37 bits per heavy atom. The molecule has 0 aromatic heterocycles. The number of hydrogen-bond acceptors (Lipinski definition) is 4. The zero-order valence-electron chi connectivity index (χ0n) is 11.3. The first-order valence-corrected chi connectivity index (χ1v) is 6.97. The smallest absolute Gasteiger partial charge is 0.338 e. The summed E-state index contributed by atoms with van der Waals surface area (Å²) in [5, 5.41) is 3.04. The summed E-state index contributed by atoms with van der Waals surface area (Å²) in [6, 6.07) is 7.46. The molecule has 3 fully saturated rings. The Balaban J connectivity index is 1.67. The number of carbonyl (C=O) groups excluding carboxylic acids is 1. The van der Waals surface area contributed by atoms with E-state index in [1.165, 1.54) is 0 Å². The van der Waals surface area contributed by atoms with Gasteiger partial charge in [-0.3, -0.25) is 4.90 Å². The minimum Gasteiger partial charge on any atom is -0.457 e. The number of nitrogens with one attached hydrogen (secondary N) is 1. The summed E-state index contributed by atoms with van der Waals surface area (Å²) in [5.74, 6) is 0.359. The van der Waals surface area contributed by atoms with E-state index in [0.29, 0.717) is 11.5 Å². The highest BCUT2D eigenvalue weighted by Crippen LogP contribution is 2.30. The molecule has 3 heterocycles. The van der Waals surface area contributed by atoms with Crippen molar-refractivity contribution in [2.75, 3.05) is 32.0 Å². The standard InChI is InChI=1S/C15H20N2O2/c1-16-13-4-2-3-12(9-13)15(18)19-14-10-17-7-5-11(14)6-8-17/h2-4,9,11,14,16H,5-8,10H2,1H3/i1-1. The lowest BCUT2D eigenvalue weighted by Gasteiger charge is -2.43. The molecule has 0 spiro atoms. The van der Waals surface area contributed by atoms with E-state index in [0.717, 1.165) is 38.2 Å². The monoisotopic (exact) mass is 259 g/mol. The predicted molar refractivity (Wildman–Crippen MR) is 74.4 cm³/mol. The first kappa shape index (κ1) is 12.5. The van der Waals surface area contributed by atoms with Crippen molar-refractivity contribution in [2.45, 2.75) is 18.9 Å². The van der Waals surface area contributed by atoms with Gasteiger partial charge in [0.1, 0.15) is 6.10 Å². The Kier molecular flexibility index (Phi) is 3.42. The summed E-state index contributed by atoms with van der Waals surface area (Å²) >= 11 is 0. The molecule has 19 heavy (non-hydrogen) atoms. The van der Waals surface area contributed by atoms with Crippen molar-refractivity contribution in [1.82, 2.24) is 4.90 Å². The van der Waals surface area contributed by atoms with E-state index in [9.17, 15) is 4.79 Å². The molecule has 1 aromatic carbocycles. The Labute approximate surface area is 113 Å². The number of anilines is 1. The molecule has 3 saturated heterocycles. The van der Waals surface area contributed by atoms with Crippen LogP contribution in [0.25, 0.3) is 0 Å². The molecule has 0 amide bonds. The van der Waals surface area contributed by atoms with Crippen molar-refractivity contribution < 1.29 is 9.53 Å². The largest absolute Gasteiger partial charge is 0.457 e. The SMILES string of the molecule is [11CH3]Nc1cccc(C(=O)OC2CN3CCC2CC3)c1. The van der Waals surface area contributed by atoms with Crippen molar-refractivity contribution in [2.24, 2.45) is 5.92 Å². The fourth-order valence-corrected chi connectivity index (χ4v) is 3.05. The summed E-state index contributed by atoms with van der Waals surface area (Å²) in [7, 11) is 1.85. The molecule has 3 aliphatic rings. The van der Waals surface area contributed by atoms with E-state index < -0.39 is 0 Å². The molecule has 1 atom stereocenters. The molecule has 102 valence electrons. The second-order valence-electron chi connectivity index (χ2n) is 5.41. The third kappa shape index (κ3) is 2.59. The maximum absolute atomic E-state index is 12.2. The quantitative estimate of drug-likeness (QED) is 0.843. The van der Waals surface area contributed by atoms with Gasteiger partial charge in [-0.25, -0.2) is 4.79 Å². The fraction of sp³-hybridized carbons (Fsp3) is 0.533. The molecule has 4 nitrogen and oxygen atoms in total. The van der Waals surface area contributed by atoms with Crippen molar-refractivity contribution in [3.8, 4) is 0 Å². The van der Waals surface area contributed by atoms with Crippen LogP contribution in [0.15, 0.2) is 24.3 Å². The first-order chi connectivity index (χ1) is 9.26. The normalized spacial score (nSPS) is 29.0. The van der Waals surface area contributed by atoms with Gasteiger partial charge in [0, 0.05) is 19.3 Å². The minimum atomic E-state index is -0.198. The van der Waals surface area contributed by atoms with Crippen molar-refractivity contribution >= 4 is 11.7 Å². The molecular formula is C15H20N2O2. The average Bonchev–Trinajstić information content (AvgIpc) is 2.48. The molecule has 2 bridgehead atoms. The number of benzene rings is 1. The van der Waals surface area contributed by atoms with Gasteiger partial charge in [0.05, 0.1) is 5.56 Å². The van der Waals surface area contributed by atoms with Crippen LogP contribution in [0.5, 0.6) is 0 Å². The third-order valence-corrected chi connectivity index (χ3v) is 4.24. The van der Waals surface area contributed by atoms with Gasteiger partial charge in [0.25, 0.3) is 0 Å². The zero-order valence-corrected chi connectivity index (χ0v) is 11.3. The van der Waals surface area contributed by atoms with Gasteiger partial charge in [-0.15, -0.1) is 0 Å². The number of piperidine rings is 3. The van der Waals surface area contributed by atoms with Crippen LogP contribution < -0.4 is 5.32 Å². The fourth-order valence-electron chi connectivity index (χ4n) is 3.05. The van der Waals surface area contributed by atoms with Gasteiger partial charge in [-0.05, 0) is 50.0 Å². The van der Waals surface area contributed by atoms with Gasteiger partial charge in [-0.1, -0.05) is 6.07 Å². The van der Waals surface area contributed by atoms with E-state index in [2.05, 4.69) is 10.2 Å². The third-order valence-electron chi connectivity index (χ3n) is 4.24. The lowest BCUT2D eigenvalue weighted by atomic mass is 9.86. The van der Waals surface area contributed by atoms with E-state index in [1.807, 2.05) is 31.3 Å². The average molecular weight is 259 g/mol. The first-order valence-electron chi connectivity index (χ1n) is 6.97. The van der Waals surface area contributed by atoms with Gasteiger partial charge >= 0.3 is 5.97 Å². The molecule has 1 unspecified atom stereocenters. The number of hydrogen-bond donors (Lipinski definition) is 1. The van der Waals surface area contributed by atoms with Gasteiger partial charge in [-0.2, -0.15) is 0 Å². The summed E-state index contributed by atoms with van der Waals surface area (Å²) in [5.41, 5.74) is 1.56. The van der Waals surface area contributed by atoms with Crippen LogP contribution in [0.2, 0.25) is 0 Å². The molecular weight excluding hydrogens is 239 g/mol. The van der Waals surface area contributed by atoms with Crippen molar-refractivity contribution in [3.63, 3.8) is 0 Å². The summed E-state index contributed by atoms with van der Waals surface area (Å²) in [6.07, 6.45) is 2.40. The second-order valence-corrected chi connectivity index (χ2v) is 5.41. The van der Waals surface area contributed by atoms with Crippen LogP contribution in [0.1, 0.15) is 23.2 Å². The Bertz CT molecular complexity index is 467. The maximum atomic E-state index is 12.2. The van der Waals surface area contributed by atoms with Crippen LogP contribution in [0, 0.1) is 5.92 Å². The summed E-state index contributed by atoms with van der Waals surface area (Å²) in [4.78, 5) is 14.6. The Hall–Kier alpha value is -1.55. The highest BCUT2D eigenvalue weighted by atomic mass is 16.5. The number of fused-ring (bicyclic) bond motifs is 3. The minimum absolute atomic E-state index is 0.0771. The van der Waals surface area contributed by atoms with Gasteiger partial charge in [0.15, 0.2) is 0 Å². The second kappa shape index (κ2) is 5.21. The van der Waals surface area contributed by atoms with E-state index in [1.54, 1.807) is 0 Å².